The summed E-state index contributed by atoms with van der Waals surface area (Å²) < 4.78 is 1.76. The van der Waals surface area contributed by atoms with Crippen molar-refractivity contribution in [1.82, 2.24) is 19.7 Å². The maximum absolute atomic E-state index is 12.5. The first-order valence-electron chi connectivity index (χ1n) is 8.61. The van der Waals surface area contributed by atoms with Crippen LogP contribution >= 0.6 is 0 Å². The zero-order valence-electron chi connectivity index (χ0n) is 13.9. The molecule has 1 aliphatic heterocycles. The van der Waals surface area contributed by atoms with Crippen LogP contribution < -0.4 is 0 Å². The molecule has 1 amide bonds. The topological polar surface area (TPSA) is 91.5 Å². The van der Waals surface area contributed by atoms with Gasteiger partial charge in [0.1, 0.15) is 12.7 Å². The molecule has 1 spiro atoms. The Labute approximate surface area is 145 Å². The Bertz CT molecular complexity index is 736. The van der Waals surface area contributed by atoms with Gasteiger partial charge in [0.15, 0.2) is 0 Å². The molecule has 1 aliphatic carbocycles. The van der Waals surface area contributed by atoms with Gasteiger partial charge in [0.05, 0.1) is 6.10 Å². The number of aliphatic hydroxyl groups is 2. The summed E-state index contributed by atoms with van der Waals surface area (Å²) in [6.07, 6.45) is 2.91. The molecule has 1 aromatic heterocycles. The Morgan fingerprint density at radius 1 is 1.24 bits per heavy atom. The van der Waals surface area contributed by atoms with Crippen molar-refractivity contribution >= 4 is 5.91 Å². The molecule has 2 aliphatic rings. The van der Waals surface area contributed by atoms with Crippen LogP contribution in [0.4, 0.5) is 0 Å². The van der Waals surface area contributed by atoms with Gasteiger partial charge < -0.3 is 19.7 Å². The number of β-amino-alcohol motifs (C(OH)–C–C–N with tert-alkyl or cyclic N) is 1. The predicted molar refractivity (Wildman–Crippen MR) is 89.4 cm³/mol. The van der Waals surface area contributed by atoms with Crippen LogP contribution in [-0.4, -0.2) is 61.6 Å². The minimum Gasteiger partial charge on any atom is -0.396 e. The third kappa shape index (κ3) is 2.63. The van der Waals surface area contributed by atoms with Gasteiger partial charge in [-0.2, -0.15) is 0 Å². The Kier molecular flexibility index (Phi) is 4.05. The van der Waals surface area contributed by atoms with Crippen molar-refractivity contribution in [1.29, 1.82) is 0 Å². The number of aromatic nitrogens is 3. The first-order valence-corrected chi connectivity index (χ1v) is 8.61. The summed E-state index contributed by atoms with van der Waals surface area (Å²) in [5.74, 6) is 0.116. The van der Waals surface area contributed by atoms with Crippen LogP contribution in [0, 0.1) is 11.3 Å². The van der Waals surface area contributed by atoms with E-state index < -0.39 is 11.5 Å². The van der Waals surface area contributed by atoms with E-state index in [-0.39, 0.29) is 24.3 Å². The second-order valence-electron chi connectivity index (χ2n) is 7.03. The largest absolute Gasteiger partial charge is 0.396 e. The Morgan fingerprint density at radius 2 is 1.96 bits per heavy atom. The maximum Gasteiger partial charge on any atom is 0.224 e. The fraction of sp³-hybridized carbons (Fsp3) is 0.500. The average Bonchev–Trinajstić information content (AvgIpc) is 2.92. The zero-order chi connectivity index (χ0) is 17.4. The van der Waals surface area contributed by atoms with E-state index in [1.165, 1.54) is 0 Å². The van der Waals surface area contributed by atoms with Crippen LogP contribution in [0.1, 0.15) is 17.9 Å². The highest BCUT2D eigenvalue weighted by Gasteiger charge is 2.71. The molecule has 1 aromatic carbocycles. The monoisotopic (exact) mass is 342 g/mol. The predicted octanol–water partition coefficient (Wildman–Crippen LogP) is 0.264. The van der Waals surface area contributed by atoms with Gasteiger partial charge in [-0.1, -0.05) is 30.3 Å². The van der Waals surface area contributed by atoms with Crippen molar-refractivity contribution in [3.8, 4) is 0 Å². The molecule has 7 nitrogen and oxygen atoms in total. The van der Waals surface area contributed by atoms with Gasteiger partial charge >= 0.3 is 0 Å². The molecule has 132 valence electrons. The molecule has 2 N–H and O–H groups in total. The van der Waals surface area contributed by atoms with E-state index in [1.807, 2.05) is 30.3 Å². The summed E-state index contributed by atoms with van der Waals surface area (Å²) >= 11 is 0. The molecule has 0 bridgehead atoms. The quantitative estimate of drug-likeness (QED) is 0.813. The smallest absolute Gasteiger partial charge is 0.224 e. The lowest BCUT2D eigenvalue weighted by molar-refractivity contribution is -0.130. The highest BCUT2D eigenvalue weighted by Crippen LogP contribution is 2.68. The first-order chi connectivity index (χ1) is 12.2. The summed E-state index contributed by atoms with van der Waals surface area (Å²) in [7, 11) is 0. The fourth-order valence-electron chi connectivity index (χ4n) is 4.48. The third-order valence-electron chi connectivity index (χ3n) is 5.80. The van der Waals surface area contributed by atoms with Gasteiger partial charge in [-0.3, -0.25) is 4.79 Å². The van der Waals surface area contributed by atoms with E-state index in [0.29, 0.717) is 26.1 Å². The van der Waals surface area contributed by atoms with Crippen LogP contribution in [0.15, 0.2) is 43.0 Å². The molecule has 25 heavy (non-hydrogen) atoms. The number of rotatable bonds is 5. The van der Waals surface area contributed by atoms with Crippen molar-refractivity contribution in [3.05, 3.63) is 48.5 Å². The summed E-state index contributed by atoms with van der Waals surface area (Å²) in [5, 5.41) is 28.0. The van der Waals surface area contributed by atoms with Crippen molar-refractivity contribution in [3.63, 3.8) is 0 Å². The van der Waals surface area contributed by atoms with Crippen molar-refractivity contribution in [2.75, 3.05) is 19.7 Å². The highest BCUT2D eigenvalue weighted by atomic mass is 16.3. The van der Waals surface area contributed by atoms with Gasteiger partial charge in [-0.25, -0.2) is 0 Å². The summed E-state index contributed by atoms with van der Waals surface area (Å²) in [5.41, 5.74) is 0.710. The number of amides is 1. The van der Waals surface area contributed by atoms with Gasteiger partial charge in [0, 0.05) is 38.1 Å². The Morgan fingerprint density at radius 3 is 2.64 bits per heavy atom. The number of carbonyl (C=O) groups is 1. The van der Waals surface area contributed by atoms with Crippen LogP contribution in [0.2, 0.25) is 0 Å². The Hall–Kier alpha value is -2.25. The number of aryl methyl sites for hydroxylation is 1. The fourth-order valence-corrected chi connectivity index (χ4v) is 4.48. The van der Waals surface area contributed by atoms with E-state index in [2.05, 4.69) is 10.2 Å². The van der Waals surface area contributed by atoms with Crippen LogP contribution in [-0.2, 0) is 11.3 Å². The second-order valence-corrected chi connectivity index (χ2v) is 7.03. The minimum absolute atomic E-state index is 0.000508. The molecule has 1 saturated carbocycles. The van der Waals surface area contributed by atoms with E-state index in [9.17, 15) is 15.0 Å². The van der Waals surface area contributed by atoms with Gasteiger partial charge in [0.2, 0.25) is 5.91 Å². The number of carbonyl (C=O) groups excluding carboxylic acids is 1. The molecule has 0 radical (unpaired) electrons. The second kappa shape index (κ2) is 6.24. The van der Waals surface area contributed by atoms with E-state index in [4.69, 9.17) is 0 Å². The standard InChI is InChI=1S/C18H22N4O3/c23-9-14-17(13-4-2-1-3-5-13)18(14)10-22(8-15(18)24)16(25)6-7-21-11-19-20-12-21/h1-5,11-12,14-15,17,23-24H,6-10H2/t14-,15+,17-,18-/m1/s1. The zero-order valence-corrected chi connectivity index (χ0v) is 13.9. The third-order valence-corrected chi connectivity index (χ3v) is 5.80. The number of likely N-dealkylation sites (tertiary alicyclic amines) is 1. The normalized spacial score (nSPS) is 30.8. The lowest BCUT2D eigenvalue weighted by Gasteiger charge is -2.17. The Balaban J connectivity index is 1.46. The SMILES string of the molecule is O=C(CCn1cnnc1)N1C[C@H](O)[C@@]2(C1)[C@H](CO)[C@H]2c1ccccc1. The van der Waals surface area contributed by atoms with Crippen molar-refractivity contribution in [2.45, 2.75) is 25.0 Å². The minimum atomic E-state index is -0.603. The number of aliphatic hydroxyl groups excluding tert-OH is 2. The molecule has 0 unspecified atom stereocenters. The van der Waals surface area contributed by atoms with Gasteiger partial charge in [0.25, 0.3) is 0 Å². The lowest BCUT2D eigenvalue weighted by atomic mass is 9.95. The number of benzene rings is 1. The number of hydrogen-bond donors (Lipinski definition) is 2. The lowest BCUT2D eigenvalue weighted by Crippen LogP contribution is -2.30. The molecule has 4 atom stereocenters. The molecular formula is C18H22N4O3. The summed E-state index contributed by atoms with van der Waals surface area (Å²) in [6.45, 7) is 1.39. The molecule has 2 aromatic rings. The van der Waals surface area contributed by atoms with Crippen molar-refractivity contribution in [2.24, 2.45) is 11.3 Å². The first kappa shape index (κ1) is 16.2. The molecule has 2 heterocycles. The molecule has 1 saturated heterocycles. The van der Waals surface area contributed by atoms with Crippen LogP contribution in [0.5, 0.6) is 0 Å². The van der Waals surface area contributed by atoms with Gasteiger partial charge in [-0.15, -0.1) is 10.2 Å². The summed E-state index contributed by atoms with van der Waals surface area (Å²) in [6, 6.07) is 9.97. The van der Waals surface area contributed by atoms with E-state index in [0.717, 1.165) is 5.56 Å². The maximum atomic E-state index is 12.5. The van der Waals surface area contributed by atoms with Gasteiger partial charge in [-0.05, 0) is 17.4 Å². The molecule has 4 rings (SSSR count). The summed E-state index contributed by atoms with van der Waals surface area (Å²) in [4.78, 5) is 14.3. The van der Waals surface area contributed by atoms with Crippen LogP contribution in [0.3, 0.4) is 0 Å². The number of hydrogen-bond acceptors (Lipinski definition) is 5. The van der Waals surface area contributed by atoms with E-state index >= 15 is 0 Å². The average molecular weight is 342 g/mol. The number of nitrogens with zero attached hydrogens (tertiary/aromatic N) is 4. The molecular weight excluding hydrogens is 320 g/mol. The molecule has 2 fully saturated rings. The van der Waals surface area contributed by atoms with Crippen molar-refractivity contribution < 1.29 is 15.0 Å². The van der Waals surface area contributed by atoms with Crippen LogP contribution in [0.25, 0.3) is 0 Å². The molecule has 7 heteroatoms. The van der Waals surface area contributed by atoms with E-state index in [1.54, 1.807) is 22.1 Å². The highest BCUT2D eigenvalue weighted by molar-refractivity contribution is 5.77.